The molecule has 3 aromatic rings. The van der Waals surface area contributed by atoms with Gasteiger partial charge in [0.15, 0.2) is 0 Å². The maximum atomic E-state index is 12.9. The lowest BCUT2D eigenvalue weighted by Gasteiger charge is -2.16. The van der Waals surface area contributed by atoms with Crippen LogP contribution in [0.2, 0.25) is 0 Å². The number of rotatable bonds is 13. The number of thiol groups is 1. The molecule has 0 bridgehead atoms. The molecule has 7 nitrogen and oxygen atoms in total. The van der Waals surface area contributed by atoms with Crippen molar-refractivity contribution in [2.45, 2.75) is 70.8 Å². The first kappa shape index (κ1) is 26.4. The Morgan fingerprint density at radius 3 is 2.56 bits per heavy atom. The van der Waals surface area contributed by atoms with Crippen LogP contribution in [-0.2, 0) is 17.4 Å². The number of benzene rings is 1. The number of pyridine rings is 1. The van der Waals surface area contributed by atoms with E-state index in [1.807, 2.05) is 37.3 Å². The average Bonchev–Trinajstić information content (AvgIpc) is 3.65. The zero-order valence-electron chi connectivity index (χ0n) is 21.1. The minimum atomic E-state index is -2.79. The summed E-state index contributed by atoms with van der Waals surface area (Å²) in [6, 6.07) is 9.79. The van der Waals surface area contributed by atoms with Gasteiger partial charge < -0.3 is 9.73 Å². The van der Waals surface area contributed by atoms with E-state index >= 15 is 0 Å². The largest absolute Gasteiger partial charge is 0.437 e. The van der Waals surface area contributed by atoms with Crippen LogP contribution in [0.1, 0.15) is 84.5 Å². The molecular weight excluding hydrogens is 474 g/mol. The minimum absolute atomic E-state index is 0.162. The van der Waals surface area contributed by atoms with Gasteiger partial charge in [-0.05, 0) is 43.7 Å². The summed E-state index contributed by atoms with van der Waals surface area (Å²) in [5, 5.41) is 3.38. The summed E-state index contributed by atoms with van der Waals surface area (Å²) in [5.41, 5.74) is 4.39. The van der Waals surface area contributed by atoms with E-state index in [0.29, 0.717) is 40.5 Å². The SMILES string of the molecule is [CH2]CCCCCC[CH]N(Cc1nc2oc(-c3ccc(C)cc3)c(C(=O)NC)c2cc1C1CC1)[SH](=O)=O. The van der Waals surface area contributed by atoms with Gasteiger partial charge in [-0.1, -0.05) is 68.9 Å². The predicted octanol–water partition coefficient (Wildman–Crippen LogP) is 5.71. The molecule has 1 fully saturated rings. The maximum absolute atomic E-state index is 12.9. The molecule has 0 unspecified atom stereocenters. The lowest BCUT2D eigenvalue weighted by atomic mass is 10.0. The van der Waals surface area contributed by atoms with Crippen LogP contribution in [0.3, 0.4) is 0 Å². The van der Waals surface area contributed by atoms with E-state index in [4.69, 9.17) is 9.40 Å². The minimum Gasteiger partial charge on any atom is -0.437 e. The molecule has 2 radical (unpaired) electrons. The summed E-state index contributed by atoms with van der Waals surface area (Å²) in [6.07, 6.45) is 7.88. The predicted molar refractivity (Wildman–Crippen MR) is 143 cm³/mol. The smallest absolute Gasteiger partial charge is 0.255 e. The normalized spacial score (nSPS) is 13.7. The highest BCUT2D eigenvalue weighted by atomic mass is 32.2. The fourth-order valence-electron chi connectivity index (χ4n) is 4.47. The van der Waals surface area contributed by atoms with E-state index < -0.39 is 10.9 Å². The van der Waals surface area contributed by atoms with Crippen LogP contribution >= 0.6 is 0 Å². The second-order valence-corrected chi connectivity index (χ2v) is 10.5. The summed E-state index contributed by atoms with van der Waals surface area (Å²) in [5.74, 6) is 0.551. The van der Waals surface area contributed by atoms with Gasteiger partial charge in [-0.25, -0.2) is 13.4 Å². The van der Waals surface area contributed by atoms with E-state index in [1.54, 1.807) is 13.6 Å². The van der Waals surface area contributed by atoms with Crippen molar-refractivity contribution in [3.8, 4) is 11.3 Å². The molecular formula is C28H35N3O4S. The first-order valence-electron chi connectivity index (χ1n) is 12.7. The van der Waals surface area contributed by atoms with Gasteiger partial charge in [0.05, 0.1) is 23.2 Å². The summed E-state index contributed by atoms with van der Waals surface area (Å²) in [7, 11) is -1.19. The molecule has 2 aromatic heterocycles. The molecule has 1 aromatic carbocycles. The molecule has 1 saturated carbocycles. The standard InChI is InChI=1S/C28H35N3O4S/c1-4-5-6-7-8-9-16-31(36(33)34)18-24-22(20-14-15-20)17-23-25(27(32)29-3)26(35-28(23)30-24)21-12-10-19(2)11-13-21/h10-13,16-17,20,36H,1,4-9,14-15,18H2,2-3H3,(H,29,32). The molecule has 2 heterocycles. The Labute approximate surface area is 215 Å². The number of unbranched alkanes of at least 4 members (excludes halogenated alkanes) is 5. The average molecular weight is 510 g/mol. The molecule has 1 N–H and O–H groups in total. The van der Waals surface area contributed by atoms with Crippen molar-refractivity contribution < 1.29 is 17.6 Å². The highest BCUT2D eigenvalue weighted by Gasteiger charge is 2.31. The van der Waals surface area contributed by atoms with Crippen LogP contribution in [0.25, 0.3) is 22.4 Å². The molecule has 4 rings (SSSR count). The number of hydrogen-bond acceptors (Lipinski definition) is 5. The lowest BCUT2D eigenvalue weighted by Crippen LogP contribution is -2.20. The van der Waals surface area contributed by atoms with Crippen molar-refractivity contribution in [3.05, 3.63) is 66.2 Å². The molecule has 8 heteroatoms. The Balaban J connectivity index is 1.67. The van der Waals surface area contributed by atoms with Gasteiger partial charge in [0.25, 0.3) is 5.91 Å². The highest BCUT2D eigenvalue weighted by molar-refractivity contribution is 7.69. The Bertz CT molecular complexity index is 1270. The second kappa shape index (κ2) is 12.0. The van der Waals surface area contributed by atoms with Crippen molar-refractivity contribution in [3.63, 3.8) is 0 Å². The topological polar surface area (TPSA) is 92.5 Å². The van der Waals surface area contributed by atoms with Crippen molar-refractivity contribution in [2.24, 2.45) is 0 Å². The van der Waals surface area contributed by atoms with Crippen molar-refractivity contribution >= 4 is 27.9 Å². The third kappa shape index (κ3) is 6.16. The quantitative estimate of drug-likeness (QED) is 0.228. The number of carbonyl (C=O) groups excluding carboxylic acids is 1. The van der Waals surface area contributed by atoms with E-state index in [0.717, 1.165) is 61.6 Å². The first-order valence-corrected chi connectivity index (χ1v) is 13.8. The number of aromatic nitrogens is 1. The van der Waals surface area contributed by atoms with Crippen LogP contribution in [0.4, 0.5) is 0 Å². The highest BCUT2D eigenvalue weighted by Crippen LogP contribution is 2.44. The molecule has 0 atom stereocenters. The first-order chi connectivity index (χ1) is 17.4. The Kier molecular flexibility index (Phi) is 8.80. The molecule has 0 saturated heterocycles. The molecule has 0 aliphatic heterocycles. The van der Waals surface area contributed by atoms with E-state index in [1.165, 1.54) is 4.31 Å². The Morgan fingerprint density at radius 1 is 1.19 bits per heavy atom. The number of fused-ring (bicyclic) bond motifs is 1. The van der Waals surface area contributed by atoms with Crippen LogP contribution in [0.15, 0.2) is 34.7 Å². The molecule has 36 heavy (non-hydrogen) atoms. The number of nitrogens with one attached hydrogen (secondary N) is 1. The van der Waals surface area contributed by atoms with Gasteiger partial charge in [0.2, 0.25) is 16.6 Å². The third-order valence-corrected chi connectivity index (χ3v) is 7.37. The molecule has 192 valence electrons. The number of furan rings is 1. The third-order valence-electron chi connectivity index (χ3n) is 6.65. The molecule has 0 spiro atoms. The zero-order valence-corrected chi connectivity index (χ0v) is 22.0. The van der Waals surface area contributed by atoms with E-state index in [2.05, 4.69) is 12.2 Å². The number of nitrogens with zero attached hydrogens (tertiary/aromatic N) is 2. The summed E-state index contributed by atoms with van der Waals surface area (Å²) in [4.78, 5) is 17.7. The fourth-order valence-corrected chi connectivity index (χ4v) is 4.96. The van der Waals surface area contributed by atoms with Crippen molar-refractivity contribution in [1.29, 1.82) is 0 Å². The van der Waals surface area contributed by atoms with Crippen molar-refractivity contribution in [1.82, 2.24) is 14.6 Å². The van der Waals surface area contributed by atoms with Gasteiger partial charge in [0, 0.05) is 19.2 Å². The van der Waals surface area contributed by atoms with Crippen LogP contribution < -0.4 is 5.32 Å². The maximum Gasteiger partial charge on any atom is 0.255 e. The van der Waals surface area contributed by atoms with Crippen LogP contribution in [0, 0.1) is 20.4 Å². The summed E-state index contributed by atoms with van der Waals surface area (Å²) in [6.45, 7) is 7.78. The monoisotopic (exact) mass is 509 g/mol. The number of carbonyl (C=O) groups is 1. The van der Waals surface area contributed by atoms with Crippen molar-refractivity contribution in [2.75, 3.05) is 7.05 Å². The fraction of sp³-hybridized carbons (Fsp3) is 0.429. The Morgan fingerprint density at radius 2 is 1.92 bits per heavy atom. The number of amides is 1. The summed E-state index contributed by atoms with van der Waals surface area (Å²) < 4.78 is 31.6. The van der Waals surface area contributed by atoms with Crippen LogP contribution in [-0.4, -0.2) is 30.7 Å². The van der Waals surface area contributed by atoms with Crippen LogP contribution in [0.5, 0.6) is 0 Å². The molecule has 1 aliphatic carbocycles. The van der Waals surface area contributed by atoms with Gasteiger partial charge in [-0.3, -0.25) is 4.79 Å². The number of hydrogen-bond donors (Lipinski definition) is 2. The summed E-state index contributed by atoms with van der Waals surface area (Å²) >= 11 is 0. The molecule has 1 aliphatic rings. The van der Waals surface area contributed by atoms with Gasteiger partial charge in [-0.2, -0.15) is 4.31 Å². The van der Waals surface area contributed by atoms with E-state index in [-0.39, 0.29) is 12.5 Å². The number of aryl methyl sites for hydroxylation is 1. The van der Waals surface area contributed by atoms with E-state index in [9.17, 15) is 13.2 Å². The zero-order chi connectivity index (χ0) is 25.7. The van der Waals surface area contributed by atoms with Gasteiger partial charge in [0.1, 0.15) is 5.76 Å². The second-order valence-electron chi connectivity index (χ2n) is 9.48. The molecule has 1 amide bonds. The van der Waals surface area contributed by atoms with Gasteiger partial charge >= 0.3 is 0 Å². The Hall–Kier alpha value is -2.71. The lowest BCUT2D eigenvalue weighted by molar-refractivity contribution is 0.0964. The van der Waals surface area contributed by atoms with Gasteiger partial charge in [-0.15, -0.1) is 0 Å².